The van der Waals surface area contributed by atoms with Crippen molar-refractivity contribution in [1.82, 2.24) is 9.88 Å². The van der Waals surface area contributed by atoms with Crippen molar-refractivity contribution in [3.05, 3.63) is 24.0 Å². The lowest BCUT2D eigenvalue weighted by Crippen LogP contribution is -2.41. The van der Waals surface area contributed by atoms with E-state index in [0.29, 0.717) is 5.25 Å². The van der Waals surface area contributed by atoms with Crippen molar-refractivity contribution in [3.8, 4) is 5.75 Å². The number of thioether (sulfide) groups is 1. The summed E-state index contributed by atoms with van der Waals surface area (Å²) in [6.07, 6.45) is 1.87. The molecule has 1 aromatic heterocycles. The average molecular weight is 348 g/mol. The van der Waals surface area contributed by atoms with Crippen molar-refractivity contribution >= 4 is 17.7 Å². The number of hydrogen-bond donors (Lipinski definition) is 0. The normalized spacial score (nSPS) is 21.3. The number of rotatable bonds is 5. The molecule has 1 fully saturated rings. The molecule has 0 bridgehead atoms. The van der Waals surface area contributed by atoms with Gasteiger partial charge in [-0.3, -0.25) is 4.79 Å². The summed E-state index contributed by atoms with van der Waals surface area (Å²) in [5.74, 6) is -0.547. The molecule has 4 nitrogen and oxygen atoms in total. The molecule has 0 aromatic carbocycles. The molecule has 1 amide bonds. The molecule has 0 spiro atoms. The SMILES string of the molecule is CS[C@H]1CCC[C@@H]1N(C)C(=O)c1ncccc1OCC(F)(F)F. The fourth-order valence-corrected chi connectivity index (χ4v) is 3.80. The summed E-state index contributed by atoms with van der Waals surface area (Å²) in [7, 11) is 1.67. The first-order valence-corrected chi connectivity index (χ1v) is 8.57. The number of hydrogen-bond acceptors (Lipinski definition) is 4. The van der Waals surface area contributed by atoms with Crippen LogP contribution in [0.25, 0.3) is 0 Å². The highest BCUT2D eigenvalue weighted by Crippen LogP contribution is 2.33. The van der Waals surface area contributed by atoms with Crippen LogP contribution in [0.15, 0.2) is 18.3 Å². The van der Waals surface area contributed by atoms with Crippen molar-refractivity contribution in [1.29, 1.82) is 0 Å². The first kappa shape index (κ1) is 17.9. The van der Waals surface area contributed by atoms with E-state index in [1.165, 1.54) is 18.3 Å². The first-order chi connectivity index (χ1) is 10.8. The molecule has 0 aliphatic heterocycles. The maximum atomic E-state index is 12.6. The summed E-state index contributed by atoms with van der Waals surface area (Å²) in [5, 5.41) is 0.340. The van der Waals surface area contributed by atoms with Gasteiger partial charge in [-0.05, 0) is 31.2 Å². The first-order valence-electron chi connectivity index (χ1n) is 7.28. The van der Waals surface area contributed by atoms with Gasteiger partial charge in [0.2, 0.25) is 0 Å². The van der Waals surface area contributed by atoms with Gasteiger partial charge in [0.15, 0.2) is 18.1 Å². The number of aromatic nitrogens is 1. The monoisotopic (exact) mass is 348 g/mol. The van der Waals surface area contributed by atoms with Gasteiger partial charge in [-0.25, -0.2) is 4.98 Å². The molecule has 0 saturated heterocycles. The van der Waals surface area contributed by atoms with Crippen LogP contribution < -0.4 is 4.74 Å². The van der Waals surface area contributed by atoms with E-state index in [2.05, 4.69) is 4.98 Å². The van der Waals surface area contributed by atoms with E-state index in [1.807, 2.05) is 6.26 Å². The number of carbonyl (C=O) groups is 1. The molecule has 1 aliphatic carbocycles. The van der Waals surface area contributed by atoms with Gasteiger partial charge < -0.3 is 9.64 Å². The molecule has 0 unspecified atom stereocenters. The van der Waals surface area contributed by atoms with Crippen LogP contribution in [0.3, 0.4) is 0 Å². The molecule has 23 heavy (non-hydrogen) atoms. The molecular formula is C15H19F3N2O2S. The van der Waals surface area contributed by atoms with E-state index < -0.39 is 18.7 Å². The Morgan fingerprint density at radius 1 is 1.48 bits per heavy atom. The maximum absolute atomic E-state index is 12.6. The highest BCUT2D eigenvalue weighted by Gasteiger charge is 2.34. The Morgan fingerprint density at radius 3 is 2.87 bits per heavy atom. The van der Waals surface area contributed by atoms with Gasteiger partial charge in [-0.1, -0.05) is 6.42 Å². The van der Waals surface area contributed by atoms with Gasteiger partial charge in [0.05, 0.1) is 0 Å². The number of nitrogens with zero attached hydrogens (tertiary/aromatic N) is 2. The zero-order chi connectivity index (χ0) is 17.0. The standard InChI is InChI=1S/C15H19F3N2O2S/c1-20(10-5-3-7-12(10)23-2)14(21)13-11(6-4-8-19-13)22-9-15(16,17)18/h4,6,8,10,12H,3,5,7,9H2,1-2H3/t10-,12-/m0/s1. The molecule has 1 aromatic rings. The number of amides is 1. The van der Waals surface area contributed by atoms with Gasteiger partial charge >= 0.3 is 6.18 Å². The van der Waals surface area contributed by atoms with Crippen LogP contribution in [0, 0.1) is 0 Å². The Labute approximate surface area is 137 Å². The zero-order valence-electron chi connectivity index (χ0n) is 13.0. The van der Waals surface area contributed by atoms with Gasteiger partial charge in [0.25, 0.3) is 5.91 Å². The van der Waals surface area contributed by atoms with Gasteiger partial charge in [-0.15, -0.1) is 0 Å². The fraction of sp³-hybridized carbons (Fsp3) is 0.600. The zero-order valence-corrected chi connectivity index (χ0v) is 13.8. The molecule has 128 valence electrons. The Hall–Kier alpha value is -1.44. The molecule has 1 aliphatic rings. The van der Waals surface area contributed by atoms with Gasteiger partial charge in [0.1, 0.15) is 0 Å². The second-order valence-corrected chi connectivity index (χ2v) is 6.52. The lowest BCUT2D eigenvalue weighted by molar-refractivity contribution is -0.153. The Balaban J connectivity index is 2.15. The second-order valence-electron chi connectivity index (χ2n) is 5.44. The van der Waals surface area contributed by atoms with Crippen LogP contribution in [0.1, 0.15) is 29.8 Å². The lowest BCUT2D eigenvalue weighted by atomic mass is 10.2. The van der Waals surface area contributed by atoms with Crippen molar-refractivity contribution in [2.45, 2.75) is 36.7 Å². The van der Waals surface area contributed by atoms with Crippen molar-refractivity contribution in [2.24, 2.45) is 0 Å². The lowest BCUT2D eigenvalue weighted by Gasteiger charge is -2.29. The number of alkyl halides is 3. The molecule has 2 atom stereocenters. The summed E-state index contributed by atoms with van der Waals surface area (Å²) in [6.45, 7) is -1.44. The van der Waals surface area contributed by atoms with Crippen LogP contribution in [0.4, 0.5) is 13.2 Å². The third kappa shape index (κ3) is 4.53. The van der Waals surface area contributed by atoms with Crippen LogP contribution in [-0.2, 0) is 0 Å². The van der Waals surface area contributed by atoms with Crippen LogP contribution >= 0.6 is 11.8 Å². The highest BCUT2D eigenvalue weighted by molar-refractivity contribution is 7.99. The molecule has 2 rings (SSSR count). The smallest absolute Gasteiger partial charge is 0.422 e. The van der Waals surface area contributed by atoms with E-state index in [4.69, 9.17) is 4.74 Å². The minimum atomic E-state index is -4.46. The second kappa shape index (κ2) is 7.42. The topological polar surface area (TPSA) is 42.4 Å². The third-order valence-electron chi connectivity index (χ3n) is 3.90. The predicted octanol–water partition coefficient (Wildman–Crippen LogP) is 3.38. The molecule has 8 heteroatoms. The molecule has 1 heterocycles. The Bertz CT molecular complexity index is 554. The molecule has 1 saturated carbocycles. The summed E-state index contributed by atoms with van der Waals surface area (Å²) in [5.41, 5.74) is -0.0778. The van der Waals surface area contributed by atoms with E-state index in [0.717, 1.165) is 19.3 Å². The number of halogens is 3. The van der Waals surface area contributed by atoms with E-state index in [-0.39, 0.29) is 17.5 Å². The quantitative estimate of drug-likeness (QED) is 0.818. The number of ether oxygens (including phenoxy) is 1. The maximum Gasteiger partial charge on any atom is 0.422 e. The number of pyridine rings is 1. The van der Waals surface area contributed by atoms with E-state index >= 15 is 0 Å². The minimum absolute atomic E-state index is 0.0648. The minimum Gasteiger partial charge on any atom is -0.482 e. The van der Waals surface area contributed by atoms with Crippen molar-refractivity contribution in [2.75, 3.05) is 19.9 Å². The van der Waals surface area contributed by atoms with Crippen molar-refractivity contribution in [3.63, 3.8) is 0 Å². The Kier molecular flexibility index (Phi) is 5.78. The summed E-state index contributed by atoms with van der Waals surface area (Å²) in [6, 6.07) is 2.85. The van der Waals surface area contributed by atoms with Crippen LogP contribution in [0.2, 0.25) is 0 Å². The number of carbonyl (C=O) groups excluding carboxylic acids is 1. The predicted molar refractivity (Wildman–Crippen MR) is 82.8 cm³/mol. The molecule has 0 N–H and O–H groups in total. The van der Waals surface area contributed by atoms with Crippen LogP contribution in [-0.4, -0.2) is 53.2 Å². The van der Waals surface area contributed by atoms with Crippen LogP contribution in [0.5, 0.6) is 5.75 Å². The van der Waals surface area contributed by atoms with E-state index in [9.17, 15) is 18.0 Å². The van der Waals surface area contributed by atoms with Crippen molar-refractivity contribution < 1.29 is 22.7 Å². The van der Waals surface area contributed by atoms with Gasteiger partial charge in [0, 0.05) is 24.5 Å². The average Bonchev–Trinajstić information content (AvgIpc) is 2.99. The summed E-state index contributed by atoms with van der Waals surface area (Å²) in [4.78, 5) is 18.1. The Morgan fingerprint density at radius 2 is 2.22 bits per heavy atom. The largest absolute Gasteiger partial charge is 0.482 e. The fourth-order valence-electron chi connectivity index (χ4n) is 2.77. The molecular weight excluding hydrogens is 329 g/mol. The summed E-state index contributed by atoms with van der Waals surface area (Å²) >= 11 is 1.70. The third-order valence-corrected chi connectivity index (χ3v) is 5.06. The van der Waals surface area contributed by atoms with Gasteiger partial charge in [-0.2, -0.15) is 24.9 Å². The molecule has 0 radical (unpaired) electrons. The highest BCUT2D eigenvalue weighted by atomic mass is 32.2. The summed E-state index contributed by atoms with van der Waals surface area (Å²) < 4.78 is 41.7. The van der Waals surface area contributed by atoms with E-state index in [1.54, 1.807) is 23.7 Å².